The molecule has 0 aliphatic carbocycles. The van der Waals surface area contributed by atoms with Crippen molar-refractivity contribution in [2.75, 3.05) is 33.3 Å². The molecule has 0 atom stereocenters. The molecule has 7 nitrogen and oxygen atoms in total. The number of nitrogens with zero attached hydrogens (tertiary/aromatic N) is 3. The van der Waals surface area contributed by atoms with Gasteiger partial charge in [-0.05, 0) is 18.9 Å². The van der Waals surface area contributed by atoms with Crippen LogP contribution in [0.2, 0.25) is 0 Å². The Morgan fingerprint density at radius 1 is 1.48 bits per heavy atom. The summed E-state index contributed by atoms with van der Waals surface area (Å²) in [7, 11) is 1.81. The molecule has 1 aromatic heterocycles. The van der Waals surface area contributed by atoms with Gasteiger partial charge in [-0.2, -0.15) is 5.10 Å². The predicted octanol–water partition coefficient (Wildman–Crippen LogP) is -0.198. The molecule has 2 saturated heterocycles. The third-order valence-corrected chi connectivity index (χ3v) is 4.38. The number of likely N-dealkylation sites (N-methyl/N-ethyl adjacent to an activating group) is 1. The van der Waals surface area contributed by atoms with Gasteiger partial charge in [0.15, 0.2) is 0 Å². The Kier molecular flexibility index (Phi) is 3.67. The fraction of sp³-hybridized carbons (Fsp3) is 0.643. The molecule has 2 aliphatic heterocycles. The van der Waals surface area contributed by atoms with Crippen LogP contribution in [0.15, 0.2) is 12.3 Å². The summed E-state index contributed by atoms with van der Waals surface area (Å²) in [6, 6.07) is 1.81. The first-order chi connectivity index (χ1) is 10.1. The molecule has 0 saturated carbocycles. The minimum absolute atomic E-state index is 0.0263. The zero-order chi connectivity index (χ0) is 14.9. The van der Waals surface area contributed by atoms with Gasteiger partial charge >= 0.3 is 0 Å². The predicted molar refractivity (Wildman–Crippen MR) is 74.4 cm³/mol. The van der Waals surface area contributed by atoms with Crippen LogP contribution in [0.4, 0.5) is 0 Å². The third kappa shape index (κ3) is 2.92. The summed E-state index contributed by atoms with van der Waals surface area (Å²) in [6.07, 6.45) is 3.56. The van der Waals surface area contributed by atoms with Crippen molar-refractivity contribution in [3.63, 3.8) is 0 Å². The second-order valence-electron chi connectivity index (χ2n) is 5.86. The minimum Gasteiger partial charge on any atom is -0.363 e. The van der Waals surface area contributed by atoms with Crippen molar-refractivity contribution in [2.45, 2.75) is 24.9 Å². The molecule has 114 valence electrons. The highest BCUT2D eigenvalue weighted by atomic mass is 16.5. The molecular formula is C14H20N4O3. The molecule has 3 heterocycles. The van der Waals surface area contributed by atoms with E-state index in [-0.39, 0.29) is 24.0 Å². The van der Waals surface area contributed by atoms with Gasteiger partial charge < -0.3 is 14.5 Å². The van der Waals surface area contributed by atoms with E-state index >= 15 is 0 Å². The highest BCUT2D eigenvalue weighted by Gasteiger charge is 2.41. The molecule has 0 bridgehead atoms. The smallest absolute Gasteiger partial charge is 0.248 e. The van der Waals surface area contributed by atoms with Crippen LogP contribution in [-0.4, -0.2) is 70.7 Å². The van der Waals surface area contributed by atoms with Crippen LogP contribution in [0, 0.1) is 0 Å². The largest absolute Gasteiger partial charge is 0.363 e. The Balaban J connectivity index is 1.55. The fourth-order valence-electron chi connectivity index (χ4n) is 3.02. The van der Waals surface area contributed by atoms with E-state index in [9.17, 15) is 9.59 Å². The van der Waals surface area contributed by atoms with Crippen LogP contribution in [0.3, 0.4) is 0 Å². The number of likely N-dealkylation sites (tertiary alicyclic amines) is 1. The Labute approximate surface area is 123 Å². The van der Waals surface area contributed by atoms with Crippen LogP contribution in [0.25, 0.3) is 0 Å². The standard InChI is InChI=1S/C14H20N4O3/c1-17-10-14(21-9-13(17)20)3-6-18(7-4-14)12(19)8-11-2-5-15-16-11/h2,5H,3-4,6-10H2,1H3,(H,15,16). The molecule has 2 amide bonds. The average Bonchev–Trinajstić information content (AvgIpc) is 2.97. The monoisotopic (exact) mass is 292 g/mol. The number of hydrogen-bond donors (Lipinski definition) is 1. The summed E-state index contributed by atoms with van der Waals surface area (Å²) in [5, 5.41) is 6.66. The average molecular weight is 292 g/mol. The van der Waals surface area contributed by atoms with Crippen LogP contribution in [0.5, 0.6) is 0 Å². The molecule has 2 aliphatic rings. The lowest BCUT2D eigenvalue weighted by atomic mass is 9.89. The normalized spacial score (nSPS) is 21.9. The maximum absolute atomic E-state index is 12.2. The first-order valence-electron chi connectivity index (χ1n) is 7.22. The quantitative estimate of drug-likeness (QED) is 0.819. The second kappa shape index (κ2) is 5.48. The van der Waals surface area contributed by atoms with Crippen molar-refractivity contribution < 1.29 is 14.3 Å². The van der Waals surface area contributed by atoms with Crippen LogP contribution < -0.4 is 0 Å². The molecular weight excluding hydrogens is 272 g/mol. The van der Waals surface area contributed by atoms with E-state index in [0.29, 0.717) is 26.1 Å². The fourth-order valence-corrected chi connectivity index (χ4v) is 3.02. The molecule has 0 aromatic carbocycles. The topological polar surface area (TPSA) is 78.5 Å². The number of piperidine rings is 1. The zero-order valence-corrected chi connectivity index (χ0v) is 12.2. The molecule has 0 radical (unpaired) electrons. The highest BCUT2D eigenvalue weighted by molar-refractivity contribution is 5.79. The van der Waals surface area contributed by atoms with Gasteiger partial charge in [0.1, 0.15) is 6.61 Å². The number of amides is 2. The lowest BCUT2D eigenvalue weighted by Crippen LogP contribution is -2.58. The van der Waals surface area contributed by atoms with Crippen molar-refractivity contribution >= 4 is 11.8 Å². The number of aromatic nitrogens is 2. The summed E-state index contributed by atoms with van der Waals surface area (Å²) in [6.45, 7) is 2.12. The molecule has 0 unspecified atom stereocenters. The summed E-state index contributed by atoms with van der Waals surface area (Å²) in [5.41, 5.74) is 0.562. The van der Waals surface area contributed by atoms with E-state index in [0.717, 1.165) is 18.5 Å². The van der Waals surface area contributed by atoms with Gasteiger partial charge in [-0.3, -0.25) is 14.7 Å². The van der Waals surface area contributed by atoms with Gasteiger partial charge in [0.25, 0.3) is 0 Å². The van der Waals surface area contributed by atoms with Crippen molar-refractivity contribution in [3.05, 3.63) is 18.0 Å². The van der Waals surface area contributed by atoms with Crippen LogP contribution >= 0.6 is 0 Å². The van der Waals surface area contributed by atoms with E-state index in [1.54, 1.807) is 11.1 Å². The number of ether oxygens (including phenoxy) is 1. The Bertz CT molecular complexity index is 520. The number of aromatic amines is 1. The number of H-pyrrole nitrogens is 1. The van der Waals surface area contributed by atoms with Crippen molar-refractivity contribution in [3.8, 4) is 0 Å². The summed E-state index contributed by atoms with van der Waals surface area (Å²) in [4.78, 5) is 27.3. The number of carbonyl (C=O) groups excluding carboxylic acids is 2. The Hall–Kier alpha value is -1.89. The van der Waals surface area contributed by atoms with Crippen LogP contribution in [-0.2, 0) is 20.7 Å². The first-order valence-corrected chi connectivity index (χ1v) is 7.22. The zero-order valence-electron chi connectivity index (χ0n) is 12.2. The number of rotatable bonds is 2. The van der Waals surface area contributed by atoms with E-state index in [1.165, 1.54) is 0 Å². The molecule has 1 aromatic rings. The van der Waals surface area contributed by atoms with E-state index in [1.807, 2.05) is 18.0 Å². The number of morpholine rings is 1. The SMILES string of the molecule is CN1CC2(CCN(C(=O)Cc3ccn[nH]3)CC2)OCC1=O. The van der Waals surface area contributed by atoms with Gasteiger partial charge in [0.2, 0.25) is 11.8 Å². The third-order valence-electron chi connectivity index (χ3n) is 4.38. The molecule has 1 spiro atoms. The Morgan fingerprint density at radius 3 is 2.86 bits per heavy atom. The summed E-state index contributed by atoms with van der Waals surface area (Å²) >= 11 is 0. The molecule has 7 heteroatoms. The lowest BCUT2D eigenvalue weighted by molar-refractivity contribution is -0.170. The maximum atomic E-state index is 12.2. The minimum atomic E-state index is -0.270. The number of nitrogens with one attached hydrogen (secondary N) is 1. The molecule has 3 rings (SSSR count). The van der Waals surface area contributed by atoms with Crippen molar-refractivity contribution in [1.29, 1.82) is 0 Å². The van der Waals surface area contributed by atoms with Gasteiger partial charge in [-0.25, -0.2) is 0 Å². The van der Waals surface area contributed by atoms with Gasteiger partial charge in [-0.1, -0.05) is 0 Å². The summed E-state index contributed by atoms with van der Waals surface area (Å²) in [5.74, 6) is 0.132. The number of hydrogen-bond acceptors (Lipinski definition) is 4. The molecule has 21 heavy (non-hydrogen) atoms. The summed E-state index contributed by atoms with van der Waals surface area (Å²) < 4.78 is 5.78. The maximum Gasteiger partial charge on any atom is 0.248 e. The molecule has 2 fully saturated rings. The Morgan fingerprint density at radius 2 is 2.24 bits per heavy atom. The lowest BCUT2D eigenvalue weighted by Gasteiger charge is -2.46. The van der Waals surface area contributed by atoms with E-state index in [4.69, 9.17) is 4.74 Å². The van der Waals surface area contributed by atoms with Gasteiger partial charge in [0, 0.05) is 38.6 Å². The molecule has 1 N–H and O–H groups in total. The highest BCUT2D eigenvalue weighted by Crippen LogP contribution is 2.30. The van der Waals surface area contributed by atoms with E-state index < -0.39 is 0 Å². The van der Waals surface area contributed by atoms with Crippen molar-refractivity contribution in [2.24, 2.45) is 0 Å². The number of carbonyl (C=O) groups is 2. The van der Waals surface area contributed by atoms with Gasteiger partial charge in [0.05, 0.1) is 12.0 Å². The van der Waals surface area contributed by atoms with E-state index in [2.05, 4.69) is 10.2 Å². The first kappa shape index (κ1) is 14.1. The van der Waals surface area contributed by atoms with Crippen molar-refractivity contribution in [1.82, 2.24) is 20.0 Å². The van der Waals surface area contributed by atoms with Gasteiger partial charge in [-0.15, -0.1) is 0 Å². The van der Waals surface area contributed by atoms with Crippen LogP contribution in [0.1, 0.15) is 18.5 Å². The second-order valence-corrected chi connectivity index (χ2v) is 5.86.